The number of nitrogens with zero attached hydrogens (tertiary/aromatic N) is 2. The molecule has 0 saturated carbocycles. The van der Waals surface area contributed by atoms with Crippen LogP contribution in [0.5, 0.6) is 0 Å². The van der Waals surface area contributed by atoms with E-state index in [0.29, 0.717) is 61.4 Å². The lowest BCUT2D eigenvalue weighted by Gasteiger charge is -2.41. The molecule has 2 aromatic heterocycles. The van der Waals surface area contributed by atoms with Gasteiger partial charge in [0.15, 0.2) is 17.4 Å². The number of aliphatic hydroxyl groups is 1. The first-order valence-corrected chi connectivity index (χ1v) is 13.6. The average molecular weight is 529 g/mol. The second-order valence-electron chi connectivity index (χ2n) is 10.2. The van der Waals surface area contributed by atoms with Gasteiger partial charge in [-0.1, -0.05) is 42.9 Å². The summed E-state index contributed by atoms with van der Waals surface area (Å²) >= 11 is 0. The molecule has 0 amide bonds. The van der Waals surface area contributed by atoms with Gasteiger partial charge in [-0.15, -0.1) is 0 Å². The lowest BCUT2D eigenvalue weighted by atomic mass is 9.95. The first-order chi connectivity index (χ1) is 18.2. The zero-order valence-corrected chi connectivity index (χ0v) is 23.7. The first-order valence-electron chi connectivity index (χ1n) is 13.6. The maximum absolute atomic E-state index is 10.4. The van der Waals surface area contributed by atoms with Crippen molar-refractivity contribution in [3.63, 3.8) is 0 Å². The van der Waals surface area contributed by atoms with Gasteiger partial charge in [0.2, 0.25) is 5.89 Å². The van der Waals surface area contributed by atoms with E-state index in [9.17, 15) is 5.11 Å². The van der Waals surface area contributed by atoms with Crippen LogP contribution in [0.2, 0.25) is 0 Å². The van der Waals surface area contributed by atoms with Gasteiger partial charge in [0.05, 0.1) is 12.2 Å². The summed E-state index contributed by atoms with van der Waals surface area (Å²) in [5.41, 5.74) is 2.55. The van der Waals surface area contributed by atoms with E-state index < -0.39 is 11.9 Å². The van der Waals surface area contributed by atoms with Gasteiger partial charge in [-0.25, -0.2) is 9.97 Å². The fourth-order valence-corrected chi connectivity index (χ4v) is 4.93. The molecule has 1 aliphatic rings. The number of hydrogen-bond acceptors (Lipinski definition) is 8. The molecule has 3 rings (SSSR count). The summed E-state index contributed by atoms with van der Waals surface area (Å²) in [5, 5.41) is 10.4. The Hall–Kier alpha value is -2.52. The van der Waals surface area contributed by atoms with Crippen molar-refractivity contribution in [2.75, 3.05) is 13.7 Å². The lowest BCUT2D eigenvalue weighted by Crippen LogP contribution is -2.46. The van der Waals surface area contributed by atoms with Crippen LogP contribution < -0.4 is 0 Å². The van der Waals surface area contributed by atoms with Gasteiger partial charge in [-0.2, -0.15) is 0 Å². The molecule has 8 heteroatoms. The van der Waals surface area contributed by atoms with Crippen molar-refractivity contribution in [3.8, 4) is 11.6 Å². The summed E-state index contributed by atoms with van der Waals surface area (Å²) < 4.78 is 29.0. The van der Waals surface area contributed by atoms with Crippen LogP contribution in [0.4, 0.5) is 0 Å². The maximum atomic E-state index is 10.4. The number of aliphatic hydroxyl groups excluding tert-OH is 1. The van der Waals surface area contributed by atoms with Gasteiger partial charge in [0.25, 0.3) is 0 Å². The van der Waals surface area contributed by atoms with Crippen LogP contribution >= 0.6 is 0 Å². The minimum Gasteiger partial charge on any atom is -0.448 e. The number of methoxy groups -OCH3 is 1. The molecule has 38 heavy (non-hydrogen) atoms. The van der Waals surface area contributed by atoms with Crippen molar-refractivity contribution in [2.24, 2.45) is 5.92 Å². The summed E-state index contributed by atoms with van der Waals surface area (Å²) in [4.78, 5) is 9.15. The number of ether oxygens (including phenoxy) is 3. The molecular weight excluding hydrogens is 484 g/mol. The third-order valence-electron chi connectivity index (χ3n) is 6.57. The molecule has 0 unspecified atom stereocenters. The predicted molar refractivity (Wildman–Crippen MR) is 146 cm³/mol. The predicted octanol–water partition coefficient (Wildman–Crippen LogP) is 6.74. The van der Waals surface area contributed by atoms with Crippen molar-refractivity contribution in [3.05, 3.63) is 60.1 Å². The summed E-state index contributed by atoms with van der Waals surface area (Å²) in [6.07, 6.45) is 16.9. The van der Waals surface area contributed by atoms with Crippen LogP contribution in [0, 0.1) is 5.92 Å². The van der Waals surface area contributed by atoms with Crippen LogP contribution in [0.25, 0.3) is 11.6 Å². The molecule has 0 aliphatic carbocycles. The average Bonchev–Trinajstić information content (AvgIpc) is 3.52. The molecular formula is C30H44N2O6. The number of allylic oxidation sites excluding steroid dienone is 6. The Morgan fingerprint density at radius 2 is 2.08 bits per heavy atom. The van der Waals surface area contributed by atoms with Gasteiger partial charge < -0.3 is 28.2 Å². The topological polar surface area (TPSA) is 100.0 Å². The summed E-state index contributed by atoms with van der Waals surface area (Å²) in [5.74, 6) is 0.671. The molecule has 1 N–H and O–H groups in total. The highest BCUT2D eigenvalue weighted by atomic mass is 16.7. The summed E-state index contributed by atoms with van der Waals surface area (Å²) in [6, 6.07) is 0. The summed E-state index contributed by atoms with van der Waals surface area (Å²) in [7, 11) is 1.63. The highest BCUT2D eigenvalue weighted by molar-refractivity contribution is 5.44. The Morgan fingerprint density at radius 3 is 2.82 bits per heavy atom. The van der Waals surface area contributed by atoms with Crippen LogP contribution in [0.15, 0.2) is 57.3 Å². The Kier molecular flexibility index (Phi) is 11.5. The van der Waals surface area contributed by atoms with Crippen LogP contribution in [-0.4, -0.2) is 46.8 Å². The molecule has 0 bridgehead atoms. The van der Waals surface area contributed by atoms with Crippen molar-refractivity contribution < 1.29 is 28.2 Å². The second-order valence-corrected chi connectivity index (χ2v) is 10.2. The van der Waals surface area contributed by atoms with E-state index in [1.807, 2.05) is 20.8 Å². The number of hydrogen-bond donors (Lipinski definition) is 1. The van der Waals surface area contributed by atoms with Crippen molar-refractivity contribution >= 4 is 0 Å². The van der Waals surface area contributed by atoms with Crippen molar-refractivity contribution in [2.45, 2.75) is 97.2 Å². The maximum Gasteiger partial charge on any atom is 0.248 e. The molecule has 0 spiro atoms. The second kappa shape index (κ2) is 14.6. The third-order valence-corrected chi connectivity index (χ3v) is 6.57. The number of aryl methyl sites for hydroxylation is 1. The van der Waals surface area contributed by atoms with Gasteiger partial charge in [-0.05, 0) is 52.9 Å². The monoisotopic (exact) mass is 528 g/mol. The first kappa shape index (κ1) is 30.0. The van der Waals surface area contributed by atoms with E-state index in [2.05, 4.69) is 54.2 Å². The Bertz CT molecular complexity index is 1070. The fraction of sp³-hybridized carbons (Fsp3) is 0.600. The van der Waals surface area contributed by atoms with E-state index in [-0.39, 0.29) is 12.2 Å². The molecule has 2 aromatic rings. The number of aromatic nitrogens is 2. The molecule has 0 aromatic carbocycles. The Balaban J connectivity index is 1.53. The SMILES string of the molecule is CC=C[C@H](C)C=C(C)CC=CCCc1nc(-c2nc([C@H](C[C@@H]3C[C@H](O)C[C@@](C)(OCC)O3)OC)co2)co1. The van der Waals surface area contributed by atoms with Gasteiger partial charge in [0.1, 0.15) is 24.3 Å². The number of rotatable bonds is 14. The van der Waals surface area contributed by atoms with Crippen LogP contribution in [0.3, 0.4) is 0 Å². The van der Waals surface area contributed by atoms with Gasteiger partial charge in [-0.3, -0.25) is 0 Å². The van der Waals surface area contributed by atoms with Crippen LogP contribution in [-0.2, 0) is 20.6 Å². The fourth-order valence-electron chi connectivity index (χ4n) is 4.93. The Morgan fingerprint density at radius 1 is 1.26 bits per heavy atom. The molecule has 5 atom stereocenters. The van der Waals surface area contributed by atoms with Crippen LogP contribution in [0.1, 0.15) is 84.4 Å². The minimum absolute atomic E-state index is 0.233. The normalized spacial score (nSPS) is 24.4. The van der Waals surface area contributed by atoms with E-state index in [4.69, 9.17) is 23.0 Å². The zero-order valence-electron chi connectivity index (χ0n) is 23.7. The highest BCUT2D eigenvalue weighted by Crippen LogP contribution is 2.35. The highest BCUT2D eigenvalue weighted by Gasteiger charge is 2.39. The largest absolute Gasteiger partial charge is 0.448 e. The van der Waals surface area contributed by atoms with E-state index in [0.717, 1.165) is 12.8 Å². The molecule has 210 valence electrons. The molecule has 3 heterocycles. The van der Waals surface area contributed by atoms with Gasteiger partial charge >= 0.3 is 0 Å². The smallest absolute Gasteiger partial charge is 0.248 e. The van der Waals surface area contributed by atoms with Gasteiger partial charge in [0, 0.05) is 33.0 Å². The molecule has 0 radical (unpaired) electrons. The quantitative estimate of drug-likeness (QED) is 0.269. The Labute approximate surface area is 226 Å². The summed E-state index contributed by atoms with van der Waals surface area (Å²) in [6.45, 7) is 10.7. The molecule has 1 saturated heterocycles. The minimum atomic E-state index is -0.809. The number of oxazole rings is 2. The van der Waals surface area contributed by atoms with E-state index >= 15 is 0 Å². The van der Waals surface area contributed by atoms with Crippen molar-refractivity contribution in [1.29, 1.82) is 0 Å². The molecule has 1 fully saturated rings. The van der Waals surface area contributed by atoms with E-state index in [1.54, 1.807) is 19.6 Å². The standard InChI is InChI=1S/C30H44N2O6/c1-7-12-21(3)15-22(4)13-10-9-11-14-28-31-26(20-35-28)29-32-25(19-36-29)27(34-6)17-24-16-23(33)18-30(5,38-24)37-8-2/h7,9-10,12,15,19-21,23-24,27,33H,8,11,13-14,16-18H2,1-6H3/t21-,23-,24-,27-,30-/m0/s1. The third kappa shape index (κ3) is 9.05. The lowest BCUT2D eigenvalue weighted by molar-refractivity contribution is -0.287. The molecule has 1 aliphatic heterocycles. The zero-order chi connectivity index (χ0) is 27.5. The van der Waals surface area contributed by atoms with Crippen molar-refractivity contribution in [1.82, 2.24) is 9.97 Å². The molecule has 8 nitrogen and oxygen atoms in total. The van der Waals surface area contributed by atoms with E-state index in [1.165, 1.54) is 5.57 Å².